The van der Waals surface area contributed by atoms with Crippen LogP contribution in [0.4, 0.5) is 5.69 Å². The van der Waals surface area contributed by atoms with E-state index in [1.807, 2.05) is 30.9 Å². The maximum atomic E-state index is 5.45. The van der Waals surface area contributed by atoms with Gasteiger partial charge < -0.3 is 10.1 Å². The van der Waals surface area contributed by atoms with Crippen molar-refractivity contribution in [3.05, 3.63) is 24.0 Å². The van der Waals surface area contributed by atoms with E-state index in [1.54, 1.807) is 0 Å². The van der Waals surface area contributed by atoms with Gasteiger partial charge in [0.05, 0.1) is 0 Å². The highest BCUT2D eigenvalue weighted by atomic mass is 32.2. The minimum absolute atomic E-state index is 0.329. The van der Waals surface area contributed by atoms with Crippen molar-refractivity contribution >= 4 is 17.4 Å². The highest BCUT2D eigenvalue weighted by molar-refractivity contribution is 8.00. The summed E-state index contributed by atoms with van der Waals surface area (Å²) in [5, 5.41) is 3.53. The Labute approximate surface area is 107 Å². The van der Waals surface area contributed by atoms with Crippen molar-refractivity contribution in [1.29, 1.82) is 0 Å². The Morgan fingerprint density at radius 2 is 2.24 bits per heavy atom. The van der Waals surface area contributed by atoms with Crippen LogP contribution in [-0.4, -0.2) is 35.7 Å². The van der Waals surface area contributed by atoms with Crippen molar-refractivity contribution in [3.8, 4) is 0 Å². The summed E-state index contributed by atoms with van der Waals surface area (Å²) < 4.78 is 5.78. The third kappa shape index (κ3) is 3.36. The Kier molecular flexibility index (Phi) is 4.29. The van der Waals surface area contributed by atoms with Crippen LogP contribution in [0.5, 0.6) is 0 Å². The van der Waals surface area contributed by atoms with Crippen molar-refractivity contribution in [3.63, 3.8) is 0 Å². The Balaban J connectivity index is 1.95. The van der Waals surface area contributed by atoms with Crippen LogP contribution in [0.25, 0.3) is 0 Å². The van der Waals surface area contributed by atoms with Gasteiger partial charge >= 0.3 is 0 Å². The zero-order chi connectivity index (χ0) is 12.1. The number of nitrogens with zero attached hydrogens (tertiary/aromatic N) is 1. The van der Waals surface area contributed by atoms with E-state index in [1.165, 1.54) is 0 Å². The number of anilines is 1. The molecule has 94 valence electrons. The molecule has 1 aromatic rings. The van der Waals surface area contributed by atoms with Crippen LogP contribution >= 0.6 is 11.8 Å². The number of rotatable bonds is 4. The van der Waals surface area contributed by atoms with Gasteiger partial charge in [-0.2, -0.15) is 11.8 Å². The second-order valence-corrected chi connectivity index (χ2v) is 5.81. The zero-order valence-corrected chi connectivity index (χ0v) is 11.3. The van der Waals surface area contributed by atoms with E-state index in [0.717, 1.165) is 44.0 Å². The molecule has 0 aromatic carbocycles. The van der Waals surface area contributed by atoms with Crippen molar-refractivity contribution in [1.82, 2.24) is 4.98 Å². The highest BCUT2D eigenvalue weighted by Gasteiger charge is 2.31. The first-order valence-electron chi connectivity index (χ1n) is 6.04. The summed E-state index contributed by atoms with van der Waals surface area (Å²) in [4.78, 5) is 4.21. The van der Waals surface area contributed by atoms with Gasteiger partial charge in [-0.15, -0.1) is 0 Å². The lowest BCUT2D eigenvalue weighted by molar-refractivity contribution is 0.0802. The van der Waals surface area contributed by atoms with Gasteiger partial charge in [0.2, 0.25) is 0 Å². The molecule has 1 fully saturated rings. The van der Waals surface area contributed by atoms with E-state index >= 15 is 0 Å². The third-order valence-corrected chi connectivity index (χ3v) is 4.77. The van der Waals surface area contributed by atoms with Crippen LogP contribution < -0.4 is 5.32 Å². The Morgan fingerprint density at radius 1 is 1.47 bits per heavy atom. The number of thioether (sulfide) groups is 1. The van der Waals surface area contributed by atoms with Gasteiger partial charge in [0.25, 0.3) is 0 Å². The van der Waals surface area contributed by atoms with E-state index in [4.69, 9.17) is 4.74 Å². The van der Waals surface area contributed by atoms with E-state index in [2.05, 4.69) is 22.6 Å². The number of nitrogens with one attached hydrogen (secondary N) is 1. The van der Waals surface area contributed by atoms with Crippen molar-refractivity contribution in [2.24, 2.45) is 0 Å². The second kappa shape index (κ2) is 5.74. The van der Waals surface area contributed by atoms with Gasteiger partial charge in [0.15, 0.2) is 0 Å². The van der Waals surface area contributed by atoms with Crippen LogP contribution in [-0.2, 0) is 4.74 Å². The molecule has 17 heavy (non-hydrogen) atoms. The van der Waals surface area contributed by atoms with Crippen LogP contribution in [0.2, 0.25) is 0 Å². The lowest BCUT2D eigenvalue weighted by Gasteiger charge is -2.36. The van der Waals surface area contributed by atoms with Gasteiger partial charge in [-0.05, 0) is 38.2 Å². The molecule has 1 aliphatic rings. The molecule has 1 aliphatic heterocycles. The zero-order valence-electron chi connectivity index (χ0n) is 10.5. The normalized spacial score (nSPS) is 18.9. The first kappa shape index (κ1) is 12.7. The van der Waals surface area contributed by atoms with Crippen molar-refractivity contribution < 1.29 is 4.74 Å². The molecule has 0 unspecified atom stereocenters. The molecule has 2 heterocycles. The minimum atomic E-state index is 0.329. The molecule has 0 aliphatic carbocycles. The number of ether oxygens (including phenoxy) is 1. The largest absolute Gasteiger partial charge is 0.384 e. The molecule has 2 rings (SSSR count). The van der Waals surface area contributed by atoms with Gasteiger partial charge in [0, 0.05) is 42.1 Å². The van der Waals surface area contributed by atoms with Crippen LogP contribution in [0.1, 0.15) is 18.5 Å². The lowest BCUT2D eigenvalue weighted by atomic mass is 9.99. The number of pyridine rings is 1. The molecule has 0 atom stereocenters. The molecule has 1 aromatic heterocycles. The quantitative estimate of drug-likeness (QED) is 0.893. The fourth-order valence-electron chi connectivity index (χ4n) is 2.12. The number of aromatic nitrogens is 1. The summed E-state index contributed by atoms with van der Waals surface area (Å²) in [5.74, 6) is 0. The van der Waals surface area contributed by atoms with E-state index in [0.29, 0.717) is 4.75 Å². The number of hydrogen-bond donors (Lipinski definition) is 1. The Hall–Kier alpha value is -0.740. The predicted molar refractivity (Wildman–Crippen MR) is 73.8 cm³/mol. The minimum Gasteiger partial charge on any atom is -0.384 e. The predicted octanol–water partition coefficient (Wildman–Crippen LogP) is 2.71. The Morgan fingerprint density at radius 3 is 2.88 bits per heavy atom. The van der Waals surface area contributed by atoms with Gasteiger partial charge in [-0.25, -0.2) is 0 Å². The van der Waals surface area contributed by atoms with Gasteiger partial charge in [-0.1, -0.05) is 0 Å². The SMILES string of the molecule is CSC1(CNc2ccnc(C)c2)CCOCC1. The van der Waals surface area contributed by atoms with Crippen LogP contribution in [0, 0.1) is 6.92 Å². The molecular formula is C13H20N2OS. The fraction of sp³-hybridized carbons (Fsp3) is 0.615. The molecule has 3 nitrogen and oxygen atoms in total. The summed E-state index contributed by atoms with van der Waals surface area (Å²) in [6.07, 6.45) is 6.31. The fourth-order valence-corrected chi connectivity index (χ4v) is 2.91. The van der Waals surface area contributed by atoms with Gasteiger partial charge in [0.1, 0.15) is 0 Å². The maximum absolute atomic E-state index is 5.45. The molecular weight excluding hydrogens is 232 g/mol. The molecule has 1 saturated heterocycles. The monoisotopic (exact) mass is 252 g/mol. The first-order valence-corrected chi connectivity index (χ1v) is 7.26. The number of hydrogen-bond acceptors (Lipinski definition) is 4. The van der Waals surface area contributed by atoms with E-state index < -0.39 is 0 Å². The van der Waals surface area contributed by atoms with Crippen molar-refractivity contribution in [2.75, 3.05) is 31.3 Å². The molecule has 0 saturated carbocycles. The van der Waals surface area contributed by atoms with Crippen LogP contribution in [0.15, 0.2) is 18.3 Å². The number of aryl methyl sites for hydroxylation is 1. The van der Waals surface area contributed by atoms with Gasteiger partial charge in [-0.3, -0.25) is 4.98 Å². The summed E-state index contributed by atoms with van der Waals surface area (Å²) in [6.45, 7) is 4.79. The summed E-state index contributed by atoms with van der Waals surface area (Å²) in [6, 6.07) is 4.12. The van der Waals surface area contributed by atoms with E-state index in [9.17, 15) is 0 Å². The second-order valence-electron chi connectivity index (χ2n) is 4.54. The summed E-state index contributed by atoms with van der Waals surface area (Å²) in [7, 11) is 0. The third-order valence-electron chi connectivity index (χ3n) is 3.35. The molecule has 0 bridgehead atoms. The smallest absolute Gasteiger partial charge is 0.0479 e. The molecule has 0 spiro atoms. The lowest BCUT2D eigenvalue weighted by Crippen LogP contribution is -2.39. The topological polar surface area (TPSA) is 34.2 Å². The average Bonchev–Trinajstić information content (AvgIpc) is 2.38. The van der Waals surface area contributed by atoms with E-state index in [-0.39, 0.29) is 0 Å². The van der Waals surface area contributed by atoms with Crippen LogP contribution in [0.3, 0.4) is 0 Å². The summed E-state index contributed by atoms with van der Waals surface area (Å²) >= 11 is 1.96. The molecule has 4 heteroatoms. The summed E-state index contributed by atoms with van der Waals surface area (Å²) in [5.41, 5.74) is 2.22. The first-order chi connectivity index (χ1) is 8.24. The average molecular weight is 252 g/mol. The molecule has 0 radical (unpaired) electrons. The molecule has 0 amide bonds. The Bertz CT molecular complexity index is 364. The standard InChI is InChI=1S/C13H20N2OS/c1-11-9-12(3-6-14-11)15-10-13(17-2)4-7-16-8-5-13/h3,6,9H,4-5,7-8,10H2,1-2H3,(H,14,15). The highest BCUT2D eigenvalue weighted by Crippen LogP contribution is 2.33. The maximum Gasteiger partial charge on any atom is 0.0479 e. The molecule has 1 N–H and O–H groups in total. The van der Waals surface area contributed by atoms with Crippen molar-refractivity contribution in [2.45, 2.75) is 24.5 Å².